The van der Waals surface area contributed by atoms with E-state index in [0.717, 1.165) is 43.7 Å². The summed E-state index contributed by atoms with van der Waals surface area (Å²) in [6.07, 6.45) is 0. The van der Waals surface area contributed by atoms with Crippen LogP contribution in [0.25, 0.3) is 55.8 Å². The van der Waals surface area contributed by atoms with Crippen LogP contribution in [-0.2, 0) is 0 Å². The number of hydrogen-bond acceptors (Lipinski definition) is 2. The van der Waals surface area contributed by atoms with Crippen LogP contribution in [0.2, 0.25) is 0 Å². The minimum Gasteiger partial charge on any atom is -0.228 e. The first-order valence-electron chi connectivity index (χ1n) is 11.5. The van der Waals surface area contributed by atoms with Crippen molar-refractivity contribution in [1.29, 1.82) is 0 Å². The molecule has 0 saturated heterocycles. The molecule has 0 saturated carbocycles. The summed E-state index contributed by atoms with van der Waals surface area (Å²) in [7, 11) is 0. The van der Waals surface area contributed by atoms with Gasteiger partial charge in [0.05, 0.1) is 11.4 Å². The zero-order chi connectivity index (χ0) is 23.6. The second kappa shape index (κ2) is 9.28. The molecule has 0 aliphatic rings. The van der Waals surface area contributed by atoms with Gasteiger partial charge < -0.3 is 0 Å². The molecule has 0 fully saturated rings. The molecule has 6 aromatic rings. The van der Waals surface area contributed by atoms with Crippen molar-refractivity contribution < 1.29 is 0 Å². The van der Waals surface area contributed by atoms with Gasteiger partial charge in [0, 0.05) is 21.2 Å². The molecule has 6 rings (SSSR count). The zero-order valence-electron chi connectivity index (χ0n) is 18.9. The van der Waals surface area contributed by atoms with Gasteiger partial charge in [-0.05, 0) is 52.2 Å². The van der Waals surface area contributed by atoms with Crippen molar-refractivity contribution in [3.05, 3.63) is 132 Å². The smallest absolute Gasteiger partial charge is 0.160 e. The number of aromatic nitrogens is 2. The molecule has 0 bridgehead atoms. The van der Waals surface area contributed by atoms with Crippen molar-refractivity contribution in [2.24, 2.45) is 0 Å². The molecule has 2 nitrogen and oxygen atoms in total. The van der Waals surface area contributed by atoms with Crippen LogP contribution < -0.4 is 0 Å². The second-order valence-corrected chi connectivity index (χ2v) is 9.40. The Morgan fingerprint density at radius 2 is 1.03 bits per heavy atom. The van der Waals surface area contributed by atoms with E-state index in [4.69, 9.17) is 9.97 Å². The quantitative estimate of drug-likeness (QED) is 0.235. The van der Waals surface area contributed by atoms with Gasteiger partial charge in [0.25, 0.3) is 0 Å². The van der Waals surface area contributed by atoms with E-state index in [0.29, 0.717) is 5.82 Å². The van der Waals surface area contributed by atoms with Crippen LogP contribution in [0.15, 0.2) is 132 Å². The number of hydrogen-bond donors (Lipinski definition) is 0. The molecular weight excluding hydrogens is 492 g/mol. The molecule has 1 aromatic heterocycles. The molecule has 0 aliphatic carbocycles. The summed E-state index contributed by atoms with van der Waals surface area (Å²) in [6.45, 7) is 0. The van der Waals surface area contributed by atoms with E-state index in [-0.39, 0.29) is 0 Å². The molecular formula is C32H21BrN2. The van der Waals surface area contributed by atoms with Crippen LogP contribution >= 0.6 is 15.9 Å². The standard InChI is InChI=1S/C32H21BrN2/c33-29-15-7-13-26(20-29)25-12-6-14-28(19-25)32-34-30(23-9-2-1-3-10-23)21-31(35-32)27-17-16-22-8-4-5-11-24(22)18-27/h1-21H. The van der Waals surface area contributed by atoms with Crippen molar-refractivity contribution in [3.63, 3.8) is 0 Å². The SMILES string of the molecule is Brc1cccc(-c2cccc(-c3nc(-c4ccccc4)cc(-c4ccc5ccccc5c4)n3)c2)c1. The molecule has 0 unspecified atom stereocenters. The molecule has 0 atom stereocenters. The highest BCUT2D eigenvalue weighted by Crippen LogP contribution is 2.31. The summed E-state index contributed by atoms with van der Waals surface area (Å²) < 4.78 is 1.06. The number of benzene rings is 5. The summed E-state index contributed by atoms with van der Waals surface area (Å²) in [5.74, 6) is 0.714. The van der Waals surface area contributed by atoms with Crippen molar-refractivity contribution in [2.45, 2.75) is 0 Å². The average molecular weight is 513 g/mol. The van der Waals surface area contributed by atoms with E-state index in [1.165, 1.54) is 10.8 Å². The van der Waals surface area contributed by atoms with E-state index >= 15 is 0 Å². The van der Waals surface area contributed by atoms with Crippen LogP contribution in [0.3, 0.4) is 0 Å². The first-order valence-corrected chi connectivity index (χ1v) is 12.3. The van der Waals surface area contributed by atoms with E-state index in [2.05, 4.69) is 119 Å². The van der Waals surface area contributed by atoms with E-state index in [1.807, 2.05) is 24.3 Å². The maximum atomic E-state index is 5.04. The van der Waals surface area contributed by atoms with Gasteiger partial charge in [-0.2, -0.15) is 0 Å². The third kappa shape index (κ3) is 4.51. The molecule has 0 radical (unpaired) electrons. The monoisotopic (exact) mass is 512 g/mol. The van der Waals surface area contributed by atoms with Crippen LogP contribution in [0.1, 0.15) is 0 Å². The van der Waals surface area contributed by atoms with Crippen LogP contribution in [-0.4, -0.2) is 9.97 Å². The molecule has 0 spiro atoms. The maximum absolute atomic E-state index is 5.04. The van der Waals surface area contributed by atoms with E-state index in [9.17, 15) is 0 Å². The highest BCUT2D eigenvalue weighted by Gasteiger charge is 2.12. The topological polar surface area (TPSA) is 25.8 Å². The number of nitrogens with zero attached hydrogens (tertiary/aromatic N) is 2. The lowest BCUT2D eigenvalue weighted by molar-refractivity contribution is 1.18. The van der Waals surface area contributed by atoms with Crippen molar-refractivity contribution in [2.75, 3.05) is 0 Å². The predicted molar refractivity (Wildman–Crippen MR) is 149 cm³/mol. The fourth-order valence-corrected chi connectivity index (χ4v) is 4.73. The van der Waals surface area contributed by atoms with Gasteiger partial charge >= 0.3 is 0 Å². The highest BCUT2D eigenvalue weighted by atomic mass is 79.9. The Labute approximate surface area is 213 Å². The van der Waals surface area contributed by atoms with Crippen molar-refractivity contribution in [1.82, 2.24) is 9.97 Å². The molecule has 0 aliphatic heterocycles. The van der Waals surface area contributed by atoms with Crippen LogP contribution in [0.5, 0.6) is 0 Å². The Hall–Kier alpha value is -4.08. The first kappa shape index (κ1) is 21.5. The largest absolute Gasteiger partial charge is 0.228 e. The summed E-state index contributed by atoms with van der Waals surface area (Å²) in [4.78, 5) is 10.0. The third-order valence-corrected chi connectivity index (χ3v) is 6.61. The molecule has 0 N–H and O–H groups in total. The fourth-order valence-electron chi connectivity index (χ4n) is 4.34. The van der Waals surface area contributed by atoms with Gasteiger partial charge in [-0.15, -0.1) is 0 Å². The lowest BCUT2D eigenvalue weighted by Gasteiger charge is -2.11. The summed E-state index contributed by atoms with van der Waals surface area (Å²) in [5.41, 5.74) is 7.23. The highest BCUT2D eigenvalue weighted by molar-refractivity contribution is 9.10. The lowest BCUT2D eigenvalue weighted by atomic mass is 10.0. The maximum Gasteiger partial charge on any atom is 0.160 e. The zero-order valence-corrected chi connectivity index (χ0v) is 20.5. The van der Waals surface area contributed by atoms with Gasteiger partial charge in [0.1, 0.15) is 0 Å². The van der Waals surface area contributed by atoms with Crippen molar-refractivity contribution >= 4 is 26.7 Å². The van der Waals surface area contributed by atoms with Gasteiger partial charge in [0.2, 0.25) is 0 Å². The minimum absolute atomic E-state index is 0.714. The van der Waals surface area contributed by atoms with Gasteiger partial charge in [0.15, 0.2) is 5.82 Å². The molecule has 3 heteroatoms. The Kier molecular flexibility index (Phi) is 5.69. The molecule has 166 valence electrons. The summed E-state index contributed by atoms with van der Waals surface area (Å²) >= 11 is 3.59. The molecule has 1 heterocycles. The Bertz CT molecular complexity index is 1660. The Morgan fingerprint density at radius 3 is 1.83 bits per heavy atom. The lowest BCUT2D eigenvalue weighted by Crippen LogP contribution is -1.96. The Morgan fingerprint density at radius 1 is 0.400 bits per heavy atom. The van der Waals surface area contributed by atoms with Gasteiger partial charge in [-0.1, -0.05) is 113 Å². The minimum atomic E-state index is 0.714. The van der Waals surface area contributed by atoms with Crippen LogP contribution in [0, 0.1) is 0 Å². The van der Waals surface area contributed by atoms with Crippen LogP contribution in [0.4, 0.5) is 0 Å². The summed E-state index contributed by atoms with van der Waals surface area (Å²) in [6, 6.07) is 44.0. The summed E-state index contributed by atoms with van der Waals surface area (Å²) in [5, 5.41) is 2.42. The second-order valence-electron chi connectivity index (χ2n) is 8.48. The van der Waals surface area contributed by atoms with Gasteiger partial charge in [-0.25, -0.2) is 9.97 Å². The number of fused-ring (bicyclic) bond motifs is 1. The third-order valence-electron chi connectivity index (χ3n) is 6.12. The molecule has 35 heavy (non-hydrogen) atoms. The van der Waals surface area contributed by atoms with E-state index < -0.39 is 0 Å². The average Bonchev–Trinajstić information content (AvgIpc) is 2.93. The number of rotatable bonds is 4. The molecule has 5 aromatic carbocycles. The van der Waals surface area contributed by atoms with E-state index in [1.54, 1.807) is 0 Å². The van der Waals surface area contributed by atoms with Crippen molar-refractivity contribution in [3.8, 4) is 45.0 Å². The van der Waals surface area contributed by atoms with Gasteiger partial charge in [-0.3, -0.25) is 0 Å². The fraction of sp³-hybridized carbons (Fsp3) is 0. The Balaban J connectivity index is 1.52. The molecule has 0 amide bonds. The number of halogens is 1. The predicted octanol–water partition coefficient (Wildman–Crippen LogP) is 9.06. The normalized spacial score (nSPS) is 11.0. The first-order chi connectivity index (χ1) is 17.2.